The Labute approximate surface area is 72.8 Å². The summed E-state index contributed by atoms with van der Waals surface area (Å²) in [6.07, 6.45) is 1.42. The second kappa shape index (κ2) is 6.67. The van der Waals surface area contributed by atoms with Crippen molar-refractivity contribution < 1.29 is 9.53 Å². The second-order valence-electron chi connectivity index (χ2n) is 2.29. The number of hydrogen-bond acceptors (Lipinski definition) is 4. The molecule has 12 heavy (non-hydrogen) atoms. The summed E-state index contributed by atoms with van der Waals surface area (Å²) >= 11 is 0. The van der Waals surface area contributed by atoms with Crippen LogP contribution in [0.4, 0.5) is 0 Å². The van der Waals surface area contributed by atoms with Gasteiger partial charge in [0, 0.05) is 24.9 Å². The molecule has 0 heterocycles. The largest absolute Gasteiger partial charge is 0.463 e. The van der Waals surface area contributed by atoms with E-state index in [0.717, 1.165) is 5.70 Å². The number of ether oxygens (including phenoxy) is 1. The number of allylic oxidation sites excluding steroid dienone is 1. The maximum atomic E-state index is 10.8. The van der Waals surface area contributed by atoms with E-state index in [1.807, 2.05) is 0 Å². The zero-order valence-corrected chi connectivity index (χ0v) is 7.59. The summed E-state index contributed by atoms with van der Waals surface area (Å²) in [7, 11) is 0. The monoisotopic (exact) mass is 172 g/mol. The fourth-order valence-electron chi connectivity index (χ4n) is 0.681. The average Bonchev–Trinajstić information content (AvgIpc) is 2.01. The van der Waals surface area contributed by atoms with Crippen molar-refractivity contribution in [3.63, 3.8) is 0 Å². The molecule has 0 radical (unpaired) electrons. The first-order valence-corrected chi connectivity index (χ1v) is 3.99. The highest BCUT2D eigenvalue weighted by atomic mass is 16.5. The van der Waals surface area contributed by atoms with E-state index in [1.165, 1.54) is 6.08 Å². The predicted octanol–water partition coefficient (Wildman–Crippen LogP) is 0.00160. The lowest BCUT2D eigenvalue weighted by Crippen LogP contribution is -2.21. The molecular formula is C8H16N2O2. The van der Waals surface area contributed by atoms with Crippen LogP contribution in [0.15, 0.2) is 11.8 Å². The van der Waals surface area contributed by atoms with Gasteiger partial charge in [-0.3, -0.25) is 0 Å². The average molecular weight is 172 g/mol. The van der Waals surface area contributed by atoms with Gasteiger partial charge in [0.1, 0.15) is 0 Å². The maximum Gasteiger partial charge on any atom is 0.332 e. The minimum Gasteiger partial charge on any atom is -0.463 e. The molecule has 0 amide bonds. The number of esters is 1. The van der Waals surface area contributed by atoms with Gasteiger partial charge in [0.25, 0.3) is 0 Å². The minimum atomic E-state index is -0.320. The van der Waals surface area contributed by atoms with Crippen molar-refractivity contribution in [2.45, 2.75) is 13.8 Å². The van der Waals surface area contributed by atoms with Gasteiger partial charge in [0.05, 0.1) is 6.61 Å². The quantitative estimate of drug-likeness (QED) is 0.452. The standard InChI is InChI=1S/C8H16N2O2/c1-3-12-8(11)6-7(2)10-5-4-9/h6,10H,3-5,9H2,1-2H3. The summed E-state index contributed by atoms with van der Waals surface area (Å²) < 4.78 is 4.71. The van der Waals surface area contributed by atoms with Gasteiger partial charge in [0.15, 0.2) is 0 Å². The van der Waals surface area contributed by atoms with Crippen LogP contribution in [-0.4, -0.2) is 25.7 Å². The number of carbonyl (C=O) groups is 1. The first kappa shape index (κ1) is 11.0. The first-order chi connectivity index (χ1) is 5.70. The van der Waals surface area contributed by atoms with Gasteiger partial charge in [0.2, 0.25) is 0 Å². The smallest absolute Gasteiger partial charge is 0.332 e. The molecule has 4 nitrogen and oxygen atoms in total. The van der Waals surface area contributed by atoms with Crippen molar-refractivity contribution in [3.8, 4) is 0 Å². The Morgan fingerprint density at radius 2 is 2.33 bits per heavy atom. The van der Waals surface area contributed by atoms with Crippen LogP contribution in [0, 0.1) is 0 Å². The molecule has 4 heteroatoms. The summed E-state index contributed by atoms with van der Waals surface area (Å²) in [5.74, 6) is -0.320. The Hall–Kier alpha value is -1.03. The molecule has 0 unspecified atom stereocenters. The van der Waals surface area contributed by atoms with Gasteiger partial charge in [-0.15, -0.1) is 0 Å². The third-order valence-electron chi connectivity index (χ3n) is 1.17. The highest BCUT2D eigenvalue weighted by molar-refractivity contribution is 5.82. The summed E-state index contributed by atoms with van der Waals surface area (Å²) in [6.45, 7) is 5.19. The molecule has 0 aliphatic heterocycles. The van der Waals surface area contributed by atoms with Crippen LogP contribution in [0.25, 0.3) is 0 Å². The van der Waals surface area contributed by atoms with E-state index >= 15 is 0 Å². The summed E-state index contributed by atoms with van der Waals surface area (Å²) in [4.78, 5) is 10.8. The van der Waals surface area contributed by atoms with Crippen LogP contribution in [0.5, 0.6) is 0 Å². The number of rotatable bonds is 5. The normalized spacial score (nSPS) is 11.1. The molecule has 0 saturated heterocycles. The van der Waals surface area contributed by atoms with Gasteiger partial charge in [-0.2, -0.15) is 0 Å². The summed E-state index contributed by atoms with van der Waals surface area (Å²) in [5, 5.41) is 2.96. The van der Waals surface area contributed by atoms with Crippen molar-refractivity contribution >= 4 is 5.97 Å². The van der Waals surface area contributed by atoms with Crippen molar-refractivity contribution in [1.82, 2.24) is 5.32 Å². The predicted molar refractivity (Wildman–Crippen MR) is 47.4 cm³/mol. The van der Waals surface area contributed by atoms with Crippen molar-refractivity contribution in [2.24, 2.45) is 5.73 Å². The van der Waals surface area contributed by atoms with Crippen molar-refractivity contribution in [2.75, 3.05) is 19.7 Å². The van der Waals surface area contributed by atoms with E-state index in [-0.39, 0.29) is 5.97 Å². The van der Waals surface area contributed by atoms with E-state index in [1.54, 1.807) is 13.8 Å². The molecule has 0 aliphatic rings. The Balaban J connectivity index is 3.72. The number of hydrogen-bond donors (Lipinski definition) is 2. The minimum absolute atomic E-state index is 0.320. The molecule has 3 N–H and O–H groups in total. The molecule has 0 aromatic heterocycles. The van der Waals surface area contributed by atoms with Crippen LogP contribution < -0.4 is 11.1 Å². The van der Waals surface area contributed by atoms with E-state index in [4.69, 9.17) is 10.5 Å². The van der Waals surface area contributed by atoms with Gasteiger partial charge in [-0.25, -0.2) is 4.79 Å². The molecule has 0 rings (SSSR count). The zero-order valence-electron chi connectivity index (χ0n) is 7.59. The molecule has 0 aliphatic carbocycles. The van der Waals surface area contributed by atoms with E-state index < -0.39 is 0 Å². The first-order valence-electron chi connectivity index (χ1n) is 3.99. The van der Waals surface area contributed by atoms with Gasteiger partial charge in [-0.05, 0) is 13.8 Å². The Morgan fingerprint density at radius 3 is 2.83 bits per heavy atom. The molecule has 70 valence electrons. The molecule has 0 aromatic rings. The highest BCUT2D eigenvalue weighted by Crippen LogP contribution is 1.88. The lowest BCUT2D eigenvalue weighted by Gasteiger charge is -2.03. The van der Waals surface area contributed by atoms with Gasteiger partial charge in [-0.1, -0.05) is 0 Å². The van der Waals surface area contributed by atoms with Crippen LogP contribution in [0.2, 0.25) is 0 Å². The topological polar surface area (TPSA) is 64.3 Å². The molecular weight excluding hydrogens is 156 g/mol. The lowest BCUT2D eigenvalue weighted by molar-refractivity contribution is -0.137. The van der Waals surface area contributed by atoms with E-state index in [9.17, 15) is 4.79 Å². The Kier molecular flexibility index (Phi) is 6.09. The molecule has 0 atom stereocenters. The Morgan fingerprint density at radius 1 is 1.67 bits per heavy atom. The fraction of sp³-hybridized carbons (Fsp3) is 0.625. The summed E-state index contributed by atoms with van der Waals surface area (Å²) in [6, 6.07) is 0. The van der Waals surface area contributed by atoms with Crippen LogP contribution in [0.1, 0.15) is 13.8 Å². The van der Waals surface area contributed by atoms with Crippen LogP contribution in [-0.2, 0) is 9.53 Å². The number of nitrogens with two attached hydrogens (primary N) is 1. The van der Waals surface area contributed by atoms with Gasteiger partial charge < -0.3 is 15.8 Å². The van der Waals surface area contributed by atoms with E-state index in [0.29, 0.717) is 19.7 Å². The SMILES string of the molecule is CCOC(=O)C=C(C)NCCN. The summed E-state index contributed by atoms with van der Waals surface area (Å²) in [5.41, 5.74) is 6.04. The third kappa shape index (κ3) is 5.73. The number of carbonyl (C=O) groups excluding carboxylic acids is 1. The third-order valence-corrected chi connectivity index (χ3v) is 1.17. The van der Waals surface area contributed by atoms with Crippen molar-refractivity contribution in [3.05, 3.63) is 11.8 Å². The van der Waals surface area contributed by atoms with Crippen LogP contribution >= 0.6 is 0 Å². The lowest BCUT2D eigenvalue weighted by atomic mass is 10.4. The zero-order chi connectivity index (χ0) is 9.40. The van der Waals surface area contributed by atoms with Crippen molar-refractivity contribution in [1.29, 1.82) is 0 Å². The Bertz CT molecular complexity index is 166. The van der Waals surface area contributed by atoms with Crippen LogP contribution in [0.3, 0.4) is 0 Å². The fourth-order valence-corrected chi connectivity index (χ4v) is 0.681. The molecule has 0 fully saturated rings. The maximum absolute atomic E-state index is 10.8. The second-order valence-corrected chi connectivity index (χ2v) is 2.29. The molecule has 0 spiro atoms. The molecule has 0 bridgehead atoms. The van der Waals surface area contributed by atoms with E-state index in [2.05, 4.69) is 5.32 Å². The van der Waals surface area contributed by atoms with Gasteiger partial charge >= 0.3 is 5.97 Å². The number of nitrogens with one attached hydrogen (secondary N) is 1. The molecule has 0 saturated carbocycles. The highest BCUT2D eigenvalue weighted by Gasteiger charge is 1.96. The molecule has 0 aromatic carbocycles.